The van der Waals surface area contributed by atoms with Crippen LogP contribution in [0.1, 0.15) is 25.0 Å². The Bertz CT molecular complexity index is 339. The van der Waals surface area contributed by atoms with Gasteiger partial charge in [-0.15, -0.1) is 0 Å². The minimum atomic E-state index is 0.546. The SMILES string of the molecule is COCCN(CCc1ccccc1CN)C(C)C. The average Bonchev–Trinajstić information content (AvgIpc) is 2.38. The summed E-state index contributed by atoms with van der Waals surface area (Å²) in [7, 11) is 1.75. The molecule has 0 amide bonds. The molecule has 0 radical (unpaired) electrons. The lowest BCUT2D eigenvalue weighted by Gasteiger charge is -2.26. The number of nitrogens with two attached hydrogens (primary N) is 1. The van der Waals surface area contributed by atoms with E-state index in [1.807, 2.05) is 0 Å². The Morgan fingerprint density at radius 1 is 1.17 bits per heavy atom. The van der Waals surface area contributed by atoms with Crippen molar-refractivity contribution in [1.29, 1.82) is 0 Å². The highest BCUT2D eigenvalue weighted by Gasteiger charge is 2.09. The molecule has 0 fully saturated rings. The number of methoxy groups -OCH3 is 1. The number of ether oxygens (including phenoxy) is 1. The molecular formula is C15H26N2O. The molecule has 102 valence electrons. The number of benzene rings is 1. The Morgan fingerprint density at radius 2 is 1.83 bits per heavy atom. The third-order valence-corrected chi connectivity index (χ3v) is 3.32. The van der Waals surface area contributed by atoms with Gasteiger partial charge in [0.2, 0.25) is 0 Å². The Balaban J connectivity index is 2.55. The highest BCUT2D eigenvalue weighted by molar-refractivity contribution is 5.27. The van der Waals surface area contributed by atoms with E-state index in [9.17, 15) is 0 Å². The molecule has 0 aliphatic heterocycles. The summed E-state index contributed by atoms with van der Waals surface area (Å²) >= 11 is 0. The van der Waals surface area contributed by atoms with Gasteiger partial charge in [0.1, 0.15) is 0 Å². The zero-order valence-corrected chi connectivity index (χ0v) is 11.9. The molecule has 0 aliphatic rings. The monoisotopic (exact) mass is 250 g/mol. The average molecular weight is 250 g/mol. The first-order valence-electron chi connectivity index (χ1n) is 6.68. The van der Waals surface area contributed by atoms with E-state index >= 15 is 0 Å². The maximum atomic E-state index is 5.76. The molecule has 0 heterocycles. The predicted octanol–water partition coefficient (Wildman–Crippen LogP) is 2.04. The number of nitrogens with zero attached hydrogens (tertiary/aromatic N) is 1. The van der Waals surface area contributed by atoms with Gasteiger partial charge in [0, 0.05) is 32.8 Å². The highest BCUT2D eigenvalue weighted by Crippen LogP contribution is 2.10. The van der Waals surface area contributed by atoms with Gasteiger partial charge in [-0.25, -0.2) is 0 Å². The van der Waals surface area contributed by atoms with Crippen LogP contribution in [0.5, 0.6) is 0 Å². The summed E-state index contributed by atoms with van der Waals surface area (Å²) in [5.74, 6) is 0. The maximum absolute atomic E-state index is 5.76. The molecule has 0 aromatic heterocycles. The van der Waals surface area contributed by atoms with Crippen LogP contribution in [-0.2, 0) is 17.7 Å². The molecule has 2 N–H and O–H groups in total. The van der Waals surface area contributed by atoms with Crippen LogP contribution in [0.4, 0.5) is 0 Å². The molecule has 18 heavy (non-hydrogen) atoms. The van der Waals surface area contributed by atoms with Gasteiger partial charge in [-0.2, -0.15) is 0 Å². The predicted molar refractivity (Wildman–Crippen MR) is 76.6 cm³/mol. The van der Waals surface area contributed by atoms with Gasteiger partial charge in [-0.1, -0.05) is 24.3 Å². The van der Waals surface area contributed by atoms with E-state index in [1.54, 1.807) is 7.11 Å². The first kappa shape index (κ1) is 15.2. The summed E-state index contributed by atoms with van der Waals surface area (Å²) in [5, 5.41) is 0. The Morgan fingerprint density at radius 3 is 2.39 bits per heavy atom. The molecule has 0 saturated heterocycles. The van der Waals surface area contributed by atoms with Crippen LogP contribution in [0.25, 0.3) is 0 Å². The Kier molecular flexibility index (Phi) is 6.94. The third kappa shape index (κ3) is 4.77. The molecule has 0 saturated carbocycles. The van der Waals surface area contributed by atoms with Crippen LogP contribution in [-0.4, -0.2) is 37.7 Å². The number of hydrogen-bond acceptors (Lipinski definition) is 3. The molecule has 0 bridgehead atoms. The van der Waals surface area contributed by atoms with Crippen molar-refractivity contribution in [1.82, 2.24) is 4.90 Å². The smallest absolute Gasteiger partial charge is 0.0589 e. The van der Waals surface area contributed by atoms with Gasteiger partial charge in [0.25, 0.3) is 0 Å². The first-order valence-corrected chi connectivity index (χ1v) is 6.68. The fraction of sp³-hybridized carbons (Fsp3) is 0.600. The van der Waals surface area contributed by atoms with Crippen molar-refractivity contribution in [2.45, 2.75) is 32.9 Å². The molecular weight excluding hydrogens is 224 g/mol. The zero-order valence-electron chi connectivity index (χ0n) is 11.9. The lowest BCUT2D eigenvalue weighted by atomic mass is 10.0. The second-order valence-corrected chi connectivity index (χ2v) is 4.85. The van der Waals surface area contributed by atoms with E-state index in [-0.39, 0.29) is 0 Å². The molecule has 0 spiro atoms. The fourth-order valence-electron chi connectivity index (χ4n) is 2.10. The summed E-state index contributed by atoms with van der Waals surface area (Å²) < 4.78 is 5.16. The topological polar surface area (TPSA) is 38.5 Å². The van der Waals surface area contributed by atoms with E-state index in [0.717, 1.165) is 26.1 Å². The van der Waals surface area contributed by atoms with Crippen molar-refractivity contribution < 1.29 is 4.74 Å². The van der Waals surface area contributed by atoms with Crippen LogP contribution in [0.3, 0.4) is 0 Å². The fourth-order valence-corrected chi connectivity index (χ4v) is 2.10. The molecule has 0 aliphatic carbocycles. The van der Waals surface area contributed by atoms with Crippen LogP contribution in [0.15, 0.2) is 24.3 Å². The largest absolute Gasteiger partial charge is 0.383 e. The van der Waals surface area contributed by atoms with E-state index < -0.39 is 0 Å². The van der Waals surface area contributed by atoms with Crippen molar-refractivity contribution in [3.05, 3.63) is 35.4 Å². The Hall–Kier alpha value is -0.900. The second kappa shape index (κ2) is 8.25. The molecule has 3 nitrogen and oxygen atoms in total. The van der Waals surface area contributed by atoms with E-state index in [2.05, 4.69) is 43.0 Å². The highest BCUT2D eigenvalue weighted by atomic mass is 16.5. The van der Waals surface area contributed by atoms with E-state index in [4.69, 9.17) is 10.5 Å². The molecule has 1 rings (SSSR count). The van der Waals surface area contributed by atoms with Crippen molar-refractivity contribution >= 4 is 0 Å². The quantitative estimate of drug-likeness (QED) is 0.767. The van der Waals surface area contributed by atoms with Gasteiger partial charge in [0.05, 0.1) is 6.61 Å². The summed E-state index contributed by atoms with van der Waals surface area (Å²) in [6.07, 6.45) is 1.05. The van der Waals surface area contributed by atoms with Gasteiger partial charge < -0.3 is 10.5 Å². The van der Waals surface area contributed by atoms with Crippen LogP contribution < -0.4 is 5.73 Å². The summed E-state index contributed by atoms with van der Waals surface area (Å²) in [6.45, 7) is 7.90. The van der Waals surface area contributed by atoms with Crippen molar-refractivity contribution in [3.8, 4) is 0 Å². The summed E-state index contributed by atoms with van der Waals surface area (Å²) in [4.78, 5) is 2.44. The minimum absolute atomic E-state index is 0.546. The zero-order chi connectivity index (χ0) is 13.4. The van der Waals surface area contributed by atoms with Crippen LogP contribution in [0, 0.1) is 0 Å². The van der Waals surface area contributed by atoms with Crippen LogP contribution >= 0.6 is 0 Å². The second-order valence-electron chi connectivity index (χ2n) is 4.85. The molecule has 0 unspecified atom stereocenters. The third-order valence-electron chi connectivity index (χ3n) is 3.32. The molecule has 3 heteroatoms. The Labute approximate surface area is 111 Å². The van der Waals surface area contributed by atoms with Gasteiger partial charge >= 0.3 is 0 Å². The molecule has 1 aromatic carbocycles. The minimum Gasteiger partial charge on any atom is -0.383 e. The van der Waals surface area contributed by atoms with Crippen molar-refractivity contribution in [2.24, 2.45) is 5.73 Å². The lowest BCUT2D eigenvalue weighted by molar-refractivity contribution is 0.130. The van der Waals surface area contributed by atoms with Gasteiger partial charge in [0.15, 0.2) is 0 Å². The molecule has 1 aromatic rings. The lowest BCUT2D eigenvalue weighted by Crippen LogP contribution is -2.35. The number of rotatable bonds is 8. The normalized spacial score (nSPS) is 11.4. The van der Waals surface area contributed by atoms with Crippen molar-refractivity contribution in [3.63, 3.8) is 0 Å². The van der Waals surface area contributed by atoms with Gasteiger partial charge in [-0.05, 0) is 31.4 Å². The first-order chi connectivity index (χ1) is 8.69. The van der Waals surface area contributed by atoms with Crippen LogP contribution in [0.2, 0.25) is 0 Å². The standard InChI is InChI=1S/C15H26N2O/c1-13(2)17(10-11-18-3)9-8-14-6-4-5-7-15(14)12-16/h4-7,13H,8-12,16H2,1-3H3. The maximum Gasteiger partial charge on any atom is 0.0589 e. The number of hydrogen-bond donors (Lipinski definition) is 1. The van der Waals surface area contributed by atoms with Crippen molar-refractivity contribution in [2.75, 3.05) is 26.8 Å². The molecule has 0 atom stereocenters. The van der Waals surface area contributed by atoms with E-state index in [0.29, 0.717) is 12.6 Å². The summed E-state index contributed by atoms with van der Waals surface area (Å²) in [5.41, 5.74) is 8.38. The van der Waals surface area contributed by atoms with E-state index in [1.165, 1.54) is 11.1 Å². The summed E-state index contributed by atoms with van der Waals surface area (Å²) in [6, 6.07) is 8.98. The van der Waals surface area contributed by atoms with Gasteiger partial charge in [-0.3, -0.25) is 4.90 Å².